The van der Waals surface area contributed by atoms with E-state index in [2.05, 4.69) is 49.9 Å². The smallest absolute Gasteiger partial charge is 0.0349 e. The number of hydrogen-bond donors (Lipinski definition) is 0. The van der Waals surface area contributed by atoms with Gasteiger partial charge in [-0.15, -0.1) is 11.3 Å². The van der Waals surface area contributed by atoms with Crippen molar-refractivity contribution >= 4 is 27.0 Å². The molecule has 0 fully saturated rings. The van der Waals surface area contributed by atoms with E-state index in [1.165, 1.54) is 20.5 Å². The van der Waals surface area contributed by atoms with E-state index in [-0.39, 0.29) is 0 Å². The van der Waals surface area contributed by atoms with Crippen molar-refractivity contribution in [2.75, 3.05) is 0 Å². The summed E-state index contributed by atoms with van der Waals surface area (Å²) in [4.78, 5) is 1.33. The van der Waals surface area contributed by atoms with Crippen LogP contribution in [0.15, 0.2) is 61.2 Å². The van der Waals surface area contributed by atoms with E-state index in [4.69, 9.17) is 0 Å². The minimum atomic E-state index is 1.29. The molecule has 2 aromatic rings. The van der Waals surface area contributed by atoms with Crippen molar-refractivity contribution in [3.05, 3.63) is 66.1 Å². The molecule has 1 heterocycles. The minimum absolute atomic E-state index is 1.29. The molecular weight excluding hydrogens is 212 g/mol. The Hall–Kier alpha value is -1.60. The summed E-state index contributed by atoms with van der Waals surface area (Å²) in [7, 11) is 0. The zero-order valence-corrected chi connectivity index (χ0v) is 10.1. The molecule has 0 aliphatic rings. The van der Waals surface area contributed by atoms with Crippen molar-refractivity contribution in [2.24, 2.45) is 0 Å². The maximum atomic E-state index is 3.65. The fourth-order valence-corrected chi connectivity index (χ4v) is 2.58. The van der Waals surface area contributed by atoms with Gasteiger partial charge in [0.05, 0.1) is 0 Å². The third kappa shape index (κ3) is 2.31. The van der Waals surface area contributed by atoms with E-state index in [1.807, 2.05) is 23.5 Å². The highest BCUT2D eigenvalue weighted by atomic mass is 32.1. The molecule has 0 aliphatic heterocycles. The van der Waals surface area contributed by atoms with Crippen molar-refractivity contribution in [1.29, 1.82) is 0 Å². The van der Waals surface area contributed by atoms with Gasteiger partial charge in [-0.25, -0.2) is 0 Å². The summed E-state index contributed by atoms with van der Waals surface area (Å²) in [6.07, 6.45) is 7.87. The molecule has 0 unspecified atom stereocenters. The van der Waals surface area contributed by atoms with Gasteiger partial charge in [0.1, 0.15) is 0 Å². The van der Waals surface area contributed by atoms with Crippen LogP contribution in [0.2, 0.25) is 0 Å². The van der Waals surface area contributed by atoms with Gasteiger partial charge in [0.15, 0.2) is 0 Å². The third-order valence-electron chi connectivity index (χ3n) is 2.41. The van der Waals surface area contributed by atoms with Gasteiger partial charge in [-0.1, -0.05) is 49.1 Å². The molecule has 0 bridgehead atoms. The lowest BCUT2D eigenvalue weighted by molar-refractivity contribution is 1.71. The van der Waals surface area contributed by atoms with Crippen LogP contribution in [-0.4, -0.2) is 0 Å². The molecular formula is C15H14S. The Balaban J connectivity index is 2.36. The number of hydrogen-bond acceptors (Lipinski definition) is 1. The lowest BCUT2D eigenvalue weighted by atomic mass is 10.2. The van der Waals surface area contributed by atoms with Crippen molar-refractivity contribution in [3.8, 4) is 0 Å². The number of fused-ring (bicyclic) bond motifs is 1. The van der Waals surface area contributed by atoms with Crippen LogP contribution in [0.4, 0.5) is 0 Å². The fourth-order valence-electron chi connectivity index (χ4n) is 1.54. The SMILES string of the molecule is C=C/C=C\C=C(/C)c1cc2ccccc2s1. The van der Waals surface area contributed by atoms with Crippen LogP contribution in [0.1, 0.15) is 11.8 Å². The quantitative estimate of drug-likeness (QED) is 0.643. The molecule has 0 amide bonds. The maximum absolute atomic E-state index is 3.65. The molecule has 0 aliphatic carbocycles. The molecule has 80 valence electrons. The number of thiophene rings is 1. The molecule has 0 spiro atoms. The molecule has 0 nitrogen and oxygen atoms in total. The van der Waals surface area contributed by atoms with Gasteiger partial charge in [-0.2, -0.15) is 0 Å². The van der Waals surface area contributed by atoms with Gasteiger partial charge in [0, 0.05) is 9.58 Å². The largest absolute Gasteiger partial charge is 0.136 e. The van der Waals surface area contributed by atoms with Crippen LogP contribution < -0.4 is 0 Å². The molecule has 0 saturated carbocycles. The second-order valence-corrected chi connectivity index (χ2v) is 4.70. The second kappa shape index (κ2) is 4.95. The van der Waals surface area contributed by atoms with Crippen molar-refractivity contribution in [3.63, 3.8) is 0 Å². The molecule has 0 saturated heterocycles. The fraction of sp³-hybridized carbons (Fsp3) is 0.0667. The Bertz CT molecular complexity index is 523. The summed E-state index contributed by atoms with van der Waals surface area (Å²) >= 11 is 1.84. The van der Waals surface area contributed by atoms with E-state index >= 15 is 0 Å². The molecule has 0 N–H and O–H groups in total. The molecule has 1 aromatic carbocycles. The number of benzene rings is 1. The van der Waals surface area contributed by atoms with Crippen LogP contribution in [-0.2, 0) is 0 Å². The lowest BCUT2D eigenvalue weighted by Gasteiger charge is -1.92. The predicted molar refractivity (Wildman–Crippen MR) is 74.8 cm³/mol. The normalized spacial score (nSPS) is 12.4. The first-order valence-electron chi connectivity index (χ1n) is 5.26. The van der Waals surface area contributed by atoms with E-state index in [0.29, 0.717) is 0 Å². The highest BCUT2D eigenvalue weighted by Gasteiger charge is 2.01. The van der Waals surface area contributed by atoms with Gasteiger partial charge in [-0.05, 0) is 30.0 Å². The van der Waals surface area contributed by atoms with Crippen LogP contribution in [0.3, 0.4) is 0 Å². The molecule has 0 atom stereocenters. The molecule has 16 heavy (non-hydrogen) atoms. The van der Waals surface area contributed by atoms with Gasteiger partial charge in [-0.3, -0.25) is 0 Å². The highest BCUT2D eigenvalue weighted by molar-refractivity contribution is 7.20. The summed E-state index contributed by atoms with van der Waals surface area (Å²) in [6.45, 7) is 5.79. The van der Waals surface area contributed by atoms with Crippen LogP contribution >= 0.6 is 11.3 Å². The zero-order valence-electron chi connectivity index (χ0n) is 9.31. The molecule has 2 rings (SSSR count). The number of rotatable bonds is 3. The lowest BCUT2D eigenvalue weighted by Crippen LogP contribution is -1.68. The Kier molecular flexibility index (Phi) is 3.37. The Labute approximate surface area is 100 Å². The van der Waals surface area contributed by atoms with Crippen LogP contribution in [0.25, 0.3) is 15.7 Å². The summed E-state index contributed by atoms with van der Waals surface area (Å²) < 4.78 is 1.35. The van der Waals surface area contributed by atoms with Crippen LogP contribution in [0, 0.1) is 0 Å². The van der Waals surface area contributed by atoms with Crippen LogP contribution in [0.5, 0.6) is 0 Å². The van der Waals surface area contributed by atoms with E-state index in [0.717, 1.165) is 0 Å². The van der Waals surface area contributed by atoms with Crippen molar-refractivity contribution in [2.45, 2.75) is 6.92 Å². The van der Waals surface area contributed by atoms with E-state index < -0.39 is 0 Å². The molecule has 1 heteroatoms. The van der Waals surface area contributed by atoms with Gasteiger partial charge in [0.2, 0.25) is 0 Å². The predicted octanol–water partition coefficient (Wildman–Crippen LogP) is 5.05. The Morgan fingerprint density at radius 2 is 2.06 bits per heavy atom. The first-order valence-corrected chi connectivity index (χ1v) is 6.08. The highest BCUT2D eigenvalue weighted by Crippen LogP contribution is 2.30. The average molecular weight is 226 g/mol. The summed E-state index contributed by atoms with van der Waals surface area (Å²) in [5.41, 5.74) is 1.29. The minimum Gasteiger partial charge on any atom is -0.136 e. The monoisotopic (exact) mass is 226 g/mol. The molecule has 0 radical (unpaired) electrons. The van der Waals surface area contributed by atoms with E-state index in [9.17, 15) is 0 Å². The first kappa shape index (κ1) is 10.9. The topological polar surface area (TPSA) is 0 Å². The Morgan fingerprint density at radius 1 is 1.25 bits per heavy atom. The van der Waals surface area contributed by atoms with Gasteiger partial charge >= 0.3 is 0 Å². The standard InChI is InChI=1S/C15H14S/c1-3-4-5-8-12(2)15-11-13-9-6-7-10-14(13)16-15/h3-11H,1H2,2H3/b5-4-,12-8+. The summed E-state index contributed by atoms with van der Waals surface area (Å²) in [6, 6.07) is 10.7. The van der Waals surface area contributed by atoms with E-state index in [1.54, 1.807) is 6.08 Å². The Morgan fingerprint density at radius 3 is 2.81 bits per heavy atom. The van der Waals surface area contributed by atoms with Crippen molar-refractivity contribution < 1.29 is 0 Å². The molecule has 1 aromatic heterocycles. The summed E-state index contributed by atoms with van der Waals surface area (Å²) in [5.74, 6) is 0. The average Bonchev–Trinajstić information content (AvgIpc) is 2.73. The van der Waals surface area contributed by atoms with Gasteiger partial charge in [0.25, 0.3) is 0 Å². The zero-order chi connectivity index (χ0) is 11.4. The summed E-state index contributed by atoms with van der Waals surface area (Å²) in [5, 5.41) is 1.32. The maximum Gasteiger partial charge on any atom is 0.0349 e. The number of allylic oxidation sites excluding steroid dienone is 5. The van der Waals surface area contributed by atoms with Crippen molar-refractivity contribution in [1.82, 2.24) is 0 Å². The van der Waals surface area contributed by atoms with Gasteiger partial charge < -0.3 is 0 Å². The second-order valence-electron chi connectivity index (χ2n) is 3.62. The third-order valence-corrected chi connectivity index (χ3v) is 3.66. The first-order chi connectivity index (χ1) is 7.81.